The zero-order valence-corrected chi connectivity index (χ0v) is 16.3. The highest BCUT2D eigenvalue weighted by molar-refractivity contribution is 7.85. The zero-order valence-electron chi connectivity index (χ0n) is 15.5. The van der Waals surface area contributed by atoms with Crippen LogP contribution in [0.3, 0.4) is 0 Å². The third-order valence-corrected chi connectivity index (χ3v) is 5.11. The van der Waals surface area contributed by atoms with Gasteiger partial charge in [0.05, 0.1) is 17.9 Å². The summed E-state index contributed by atoms with van der Waals surface area (Å²) in [5.74, 6) is -1.39. The van der Waals surface area contributed by atoms with Gasteiger partial charge < -0.3 is 15.4 Å². The van der Waals surface area contributed by atoms with Crippen molar-refractivity contribution in [2.24, 2.45) is 5.92 Å². The van der Waals surface area contributed by atoms with Crippen LogP contribution in [0.1, 0.15) is 27.2 Å². The topological polar surface area (TPSA) is 102 Å². The van der Waals surface area contributed by atoms with Crippen LogP contribution in [0, 0.1) is 5.92 Å². The van der Waals surface area contributed by atoms with Gasteiger partial charge >= 0.3 is 5.97 Å². The van der Waals surface area contributed by atoms with Crippen molar-refractivity contribution < 1.29 is 23.3 Å². The molecule has 0 unspecified atom stereocenters. The number of rotatable bonds is 9. The van der Waals surface area contributed by atoms with E-state index in [0.717, 1.165) is 0 Å². The number of carbonyl (C=O) groups is 3. The van der Waals surface area contributed by atoms with Crippen molar-refractivity contribution in [3.8, 4) is 0 Å². The molecule has 1 aromatic carbocycles. The Hall–Kier alpha value is -2.22. The third-order valence-electron chi connectivity index (χ3n) is 3.71. The normalized spacial score (nSPS) is 14.2. The van der Waals surface area contributed by atoms with Crippen LogP contribution in [0.5, 0.6) is 0 Å². The van der Waals surface area contributed by atoms with E-state index < -0.39 is 34.8 Å². The molecule has 0 aliphatic rings. The van der Waals surface area contributed by atoms with E-state index in [0.29, 0.717) is 4.90 Å². The van der Waals surface area contributed by atoms with Crippen LogP contribution in [-0.2, 0) is 29.9 Å². The Morgan fingerprint density at radius 2 is 1.73 bits per heavy atom. The number of amides is 2. The van der Waals surface area contributed by atoms with E-state index in [-0.39, 0.29) is 24.0 Å². The summed E-state index contributed by atoms with van der Waals surface area (Å²) < 4.78 is 17.1. The molecule has 0 aliphatic heterocycles. The largest absolute Gasteiger partial charge is 0.467 e. The van der Waals surface area contributed by atoms with Crippen molar-refractivity contribution in [3.05, 3.63) is 30.3 Å². The van der Waals surface area contributed by atoms with E-state index in [2.05, 4.69) is 10.6 Å². The first-order chi connectivity index (χ1) is 12.3. The van der Waals surface area contributed by atoms with Crippen LogP contribution in [0.25, 0.3) is 0 Å². The van der Waals surface area contributed by atoms with Gasteiger partial charge in [0, 0.05) is 17.6 Å². The Kier molecular flexibility index (Phi) is 8.98. The highest BCUT2D eigenvalue weighted by atomic mass is 32.2. The zero-order chi connectivity index (χ0) is 19.7. The quantitative estimate of drug-likeness (QED) is 0.621. The first-order valence-corrected chi connectivity index (χ1v) is 9.66. The minimum atomic E-state index is -1.29. The number of benzene rings is 1. The number of carbonyl (C=O) groups excluding carboxylic acids is 3. The fourth-order valence-electron chi connectivity index (χ4n) is 2.32. The molecule has 0 heterocycles. The second kappa shape index (κ2) is 10.7. The molecule has 0 radical (unpaired) electrons. The molecule has 0 fully saturated rings. The molecule has 0 aromatic heterocycles. The van der Waals surface area contributed by atoms with Gasteiger partial charge in [-0.15, -0.1) is 0 Å². The third kappa shape index (κ3) is 6.95. The molecule has 7 nitrogen and oxygen atoms in total. The van der Waals surface area contributed by atoms with Gasteiger partial charge in [0.2, 0.25) is 11.8 Å². The van der Waals surface area contributed by atoms with E-state index in [1.807, 2.05) is 6.07 Å². The van der Waals surface area contributed by atoms with E-state index in [1.54, 1.807) is 38.1 Å². The molecule has 0 saturated heterocycles. The van der Waals surface area contributed by atoms with Crippen molar-refractivity contribution in [1.29, 1.82) is 0 Å². The van der Waals surface area contributed by atoms with Gasteiger partial charge in [-0.25, -0.2) is 4.79 Å². The van der Waals surface area contributed by atoms with Gasteiger partial charge in [-0.3, -0.25) is 13.8 Å². The van der Waals surface area contributed by atoms with Gasteiger partial charge in [0.25, 0.3) is 0 Å². The van der Waals surface area contributed by atoms with E-state index in [9.17, 15) is 18.6 Å². The highest BCUT2D eigenvalue weighted by Crippen LogP contribution is 2.09. The van der Waals surface area contributed by atoms with Crippen LogP contribution >= 0.6 is 0 Å². The van der Waals surface area contributed by atoms with Crippen LogP contribution in [0.15, 0.2) is 35.2 Å². The summed E-state index contributed by atoms with van der Waals surface area (Å²) in [6, 6.07) is 7.18. The lowest BCUT2D eigenvalue weighted by Crippen LogP contribution is -2.53. The summed E-state index contributed by atoms with van der Waals surface area (Å²) >= 11 is 0. The monoisotopic (exact) mass is 382 g/mol. The van der Waals surface area contributed by atoms with Crippen LogP contribution in [0.2, 0.25) is 0 Å². The van der Waals surface area contributed by atoms with Gasteiger partial charge in [-0.1, -0.05) is 32.0 Å². The summed E-state index contributed by atoms with van der Waals surface area (Å²) in [5.41, 5.74) is 0. The van der Waals surface area contributed by atoms with Crippen LogP contribution in [-0.4, -0.2) is 46.9 Å². The fourth-order valence-corrected chi connectivity index (χ4v) is 3.47. The Morgan fingerprint density at radius 1 is 1.12 bits per heavy atom. The Morgan fingerprint density at radius 3 is 2.23 bits per heavy atom. The van der Waals surface area contributed by atoms with Crippen molar-refractivity contribution in [3.63, 3.8) is 0 Å². The summed E-state index contributed by atoms with van der Waals surface area (Å²) in [6.45, 7) is 4.90. The van der Waals surface area contributed by atoms with Crippen molar-refractivity contribution >= 4 is 28.6 Å². The second-order valence-corrected chi connectivity index (χ2v) is 7.73. The minimum Gasteiger partial charge on any atom is -0.467 e. The Labute approximate surface area is 156 Å². The average molecular weight is 382 g/mol. The predicted octanol–water partition coefficient (Wildman–Crippen LogP) is 1.00. The standard InChI is InChI=1S/C18H26N2O5S/c1-12(2)16(19-13(3)21)17(22)20-15(18(23)25-4)10-11-26(24)14-8-6-5-7-9-14/h5-9,12,15-16H,10-11H2,1-4H3,(H,19,21)(H,20,22)/t15-,16-,26-/m1/s1. The molecule has 1 aromatic rings. The van der Waals surface area contributed by atoms with Gasteiger partial charge in [-0.2, -0.15) is 0 Å². The maximum absolute atomic E-state index is 12.5. The van der Waals surface area contributed by atoms with Crippen molar-refractivity contribution in [2.75, 3.05) is 12.9 Å². The molecule has 2 amide bonds. The number of hydrogen-bond donors (Lipinski definition) is 2. The summed E-state index contributed by atoms with van der Waals surface area (Å²) in [5, 5.41) is 5.17. The van der Waals surface area contributed by atoms with Crippen molar-refractivity contribution in [2.45, 2.75) is 44.2 Å². The highest BCUT2D eigenvalue weighted by Gasteiger charge is 2.28. The van der Waals surface area contributed by atoms with Gasteiger partial charge in [-0.05, 0) is 24.5 Å². The van der Waals surface area contributed by atoms with Gasteiger partial charge in [0.1, 0.15) is 12.1 Å². The molecule has 2 N–H and O–H groups in total. The molecule has 0 saturated carbocycles. The lowest BCUT2D eigenvalue weighted by molar-refractivity contribution is -0.145. The minimum absolute atomic E-state index is 0.157. The maximum atomic E-state index is 12.5. The first-order valence-electron chi connectivity index (χ1n) is 8.35. The van der Waals surface area contributed by atoms with E-state index in [4.69, 9.17) is 4.74 Å². The molecule has 0 bridgehead atoms. The molecule has 1 rings (SSSR count). The summed E-state index contributed by atoms with van der Waals surface area (Å²) in [4.78, 5) is 36.4. The number of nitrogens with one attached hydrogen (secondary N) is 2. The number of hydrogen-bond acceptors (Lipinski definition) is 5. The van der Waals surface area contributed by atoms with Crippen LogP contribution in [0.4, 0.5) is 0 Å². The van der Waals surface area contributed by atoms with Crippen molar-refractivity contribution in [1.82, 2.24) is 10.6 Å². The molecule has 0 aliphatic carbocycles. The van der Waals surface area contributed by atoms with E-state index >= 15 is 0 Å². The lowest BCUT2D eigenvalue weighted by atomic mass is 10.0. The molecular weight excluding hydrogens is 356 g/mol. The maximum Gasteiger partial charge on any atom is 0.328 e. The predicted molar refractivity (Wildman–Crippen MR) is 98.7 cm³/mol. The second-order valence-electron chi connectivity index (χ2n) is 6.16. The summed E-state index contributed by atoms with van der Waals surface area (Å²) in [7, 11) is -0.0692. The molecular formula is C18H26N2O5S. The molecule has 8 heteroatoms. The van der Waals surface area contributed by atoms with E-state index in [1.165, 1.54) is 14.0 Å². The fraction of sp³-hybridized carbons (Fsp3) is 0.500. The first kappa shape index (κ1) is 21.8. The number of ether oxygens (including phenoxy) is 1. The molecule has 26 heavy (non-hydrogen) atoms. The van der Waals surface area contributed by atoms with Gasteiger partial charge in [0.15, 0.2) is 0 Å². The average Bonchev–Trinajstić information content (AvgIpc) is 2.62. The SMILES string of the molecule is COC(=O)[C@@H](CC[S@@](=O)c1ccccc1)NC(=O)[C@H](NC(C)=O)C(C)C. The summed E-state index contributed by atoms with van der Waals surface area (Å²) in [6.07, 6.45) is 0.158. The smallest absolute Gasteiger partial charge is 0.328 e. The number of esters is 1. The molecule has 0 spiro atoms. The molecule has 3 atom stereocenters. The number of methoxy groups -OCH3 is 1. The lowest BCUT2D eigenvalue weighted by Gasteiger charge is -2.24. The Bertz CT molecular complexity index is 648. The van der Waals surface area contributed by atoms with Crippen LogP contribution < -0.4 is 10.6 Å². The molecule has 144 valence electrons. The Balaban J connectivity index is 2.77.